The molecule has 6 aromatic rings. The zero-order valence-corrected chi connectivity index (χ0v) is 21.5. The van der Waals surface area contributed by atoms with Crippen LogP contribution in [0.4, 0.5) is 10.1 Å². The average molecular weight is 533 g/mol. The summed E-state index contributed by atoms with van der Waals surface area (Å²) in [5.74, 6) is 0.265. The second kappa shape index (κ2) is 9.96. The average Bonchev–Trinajstić information content (AvgIpc) is 3.62. The van der Waals surface area contributed by atoms with Gasteiger partial charge >= 0.3 is 0 Å². The summed E-state index contributed by atoms with van der Waals surface area (Å²) in [4.78, 5) is 34.2. The first-order chi connectivity index (χ1) is 19.6. The first-order valence-electron chi connectivity index (χ1n) is 13.3. The van der Waals surface area contributed by atoms with Crippen LogP contribution in [0.1, 0.15) is 32.1 Å². The summed E-state index contributed by atoms with van der Waals surface area (Å²) < 4.78 is 14.6. The highest BCUT2D eigenvalue weighted by atomic mass is 19.1. The molecule has 0 unspecified atom stereocenters. The fraction of sp³-hybridized carbons (Fsp3) is 0.200. The molecule has 0 atom stereocenters. The van der Waals surface area contributed by atoms with Crippen molar-refractivity contribution in [3.05, 3.63) is 73.1 Å². The molecule has 7 rings (SSSR count). The molecule has 0 aliphatic heterocycles. The van der Waals surface area contributed by atoms with Crippen LogP contribution in [-0.2, 0) is 4.79 Å². The Morgan fingerprint density at radius 1 is 0.950 bits per heavy atom. The van der Waals surface area contributed by atoms with Crippen LogP contribution < -0.4 is 5.32 Å². The van der Waals surface area contributed by atoms with E-state index in [1.54, 1.807) is 49.1 Å². The Morgan fingerprint density at radius 2 is 1.82 bits per heavy atom. The Kier molecular flexibility index (Phi) is 5.99. The topological polar surface area (TPSA) is 125 Å². The van der Waals surface area contributed by atoms with E-state index in [0.29, 0.717) is 39.7 Å². The standard InChI is InChI=1S/C30H25FN8O/c31-22-9-5-4-8-20(22)26-28-23(10-11-33-26)36-29(37-28)27-21-13-24(34-16-25(21)38-39-27)18-12-19(15-32-14-18)35-30(40)17-6-2-1-3-7-17/h4-5,8-17H,1-3,6-7H2,(H,35,40)(H,36,37)(H,38,39). The van der Waals surface area contributed by atoms with Crippen LogP contribution in [-0.4, -0.2) is 41.0 Å². The molecule has 1 fully saturated rings. The number of amides is 1. The molecule has 0 bridgehead atoms. The fourth-order valence-corrected chi connectivity index (χ4v) is 5.41. The van der Waals surface area contributed by atoms with Gasteiger partial charge in [0.15, 0.2) is 5.82 Å². The van der Waals surface area contributed by atoms with Gasteiger partial charge in [0.2, 0.25) is 5.91 Å². The van der Waals surface area contributed by atoms with Crippen LogP contribution in [0.5, 0.6) is 0 Å². The van der Waals surface area contributed by atoms with Crippen molar-refractivity contribution < 1.29 is 9.18 Å². The lowest BCUT2D eigenvalue weighted by Gasteiger charge is -2.20. The van der Waals surface area contributed by atoms with Crippen molar-refractivity contribution in [1.29, 1.82) is 0 Å². The molecule has 0 spiro atoms. The van der Waals surface area contributed by atoms with Gasteiger partial charge in [-0.3, -0.25) is 24.8 Å². The van der Waals surface area contributed by atoms with Crippen molar-refractivity contribution >= 4 is 33.5 Å². The number of pyridine rings is 3. The maximum absolute atomic E-state index is 14.6. The number of aromatic amines is 2. The number of hydrogen-bond acceptors (Lipinski definition) is 6. The lowest BCUT2D eigenvalue weighted by Crippen LogP contribution is -2.24. The molecule has 1 aromatic carbocycles. The highest BCUT2D eigenvalue weighted by Gasteiger charge is 2.22. The number of anilines is 1. The Labute approximate surface area is 228 Å². The number of nitrogens with zero attached hydrogens (tertiary/aromatic N) is 5. The zero-order valence-electron chi connectivity index (χ0n) is 21.5. The first kappa shape index (κ1) is 24.1. The molecule has 40 heavy (non-hydrogen) atoms. The Hall–Kier alpha value is -4.99. The van der Waals surface area contributed by atoms with Gasteiger partial charge in [-0.05, 0) is 43.2 Å². The van der Waals surface area contributed by atoms with Gasteiger partial charge in [-0.15, -0.1) is 0 Å². The quantitative estimate of drug-likeness (QED) is 0.240. The van der Waals surface area contributed by atoms with Crippen LogP contribution in [0, 0.1) is 11.7 Å². The minimum absolute atomic E-state index is 0.0494. The maximum Gasteiger partial charge on any atom is 0.227 e. The van der Waals surface area contributed by atoms with Gasteiger partial charge in [0.25, 0.3) is 0 Å². The number of carbonyl (C=O) groups is 1. The van der Waals surface area contributed by atoms with E-state index < -0.39 is 0 Å². The second-order valence-electron chi connectivity index (χ2n) is 10.1. The second-order valence-corrected chi connectivity index (χ2v) is 10.1. The van der Waals surface area contributed by atoms with E-state index in [2.05, 4.69) is 35.5 Å². The summed E-state index contributed by atoms with van der Waals surface area (Å²) in [6, 6.07) is 12.1. The summed E-state index contributed by atoms with van der Waals surface area (Å²) in [5.41, 5.74) is 5.55. The minimum atomic E-state index is -0.362. The molecule has 1 aliphatic rings. The van der Waals surface area contributed by atoms with Crippen molar-refractivity contribution in [2.75, 3.05) is 5.32 Å². The van der Waals surface area contributed by atoms with Crippen molar-refractivity contribution in [3.63, 3.8) is 0 Å². The third-order valence-corrected chi connectivity index (χ3v) is 7.48. The number of imidazole rings is 1. The number of H-pyrrole nitrogens is 2. The van der Waals surface area contributed by atoms with Gasteiger partial charge in [0.1, 0.15) is 22.7 Å². The van der Waals surface area contributed by atoms with Gasteiger partial charge in [-0.2, -0.15) is 5.10 Å². The third kappa shape index (κ3) is 4.37. The number of halogens is 1. The van der Waals surface area contributed by atoms with Crippen molar-refractivity contribution in [3.8, 4) is 34.0 Å². The minimum Gasteiger partial charge on any atom is -0.336 e. The molecule has 198 valence electrons. The van der Waals surface area contributed by atoms with Crippen LogP contribution in [0.2, 0.25) is 0 Å². The van der Waals surface area contributed by atoms with Gasteiger partial charge in [0, 0.05) is 34.8 Å². The summed E-state index contributed by atoms with van der Waals surface area (Å²) in [7, 11) is 0. The first-order valence-corrected chi connectivity index (χ1v) is 13.3. The van der Waals surface area contributed by atoms with Gasteiger partial charge in [-0.1, -0.05) is 31.4 Å². The smallest absolute Gasteiger partial charge is 0.227 e. The van der Waals surface area contributed by atoms with Crippen LogP contribution in [0.3, 0.4) is 0 Å². The number of benzene rings is 1. The Morgan fingerprint density at radius 3 is 2.70 bits per heavy atom. The molecule has 1 amide bonds. The lowest BCUT2D eigenvalue weighted by atomic mass is 9.88. The molecule has 3 N–H and O–H groups in total. The largest absolute Gasteiger partial charge is 0.336 e. The van der Waals surface area contributed by atoms with Crippen molar-refractivity contribution in [1.82, 2.24) is 35.1 Å². The monoisotopic (exact) mass is 532 g/mol. The van der Waals surface area contributed by atoms with E-state index in [0.717, 1.165) is 47.7 Å². The van der Waals surface area contributed by atoms with E-state index in [9.17, 15) is 9.18 Å². The highest BCUT2D eigenvalue weighted by molar-refractivity contribution is 5.97. The Balaban J connectivity index is 1.23. The van der Waals surface area contributed by atoms with E-state index in [4.69, 9.17) is 4.98 Å². The maximum atomic E-state index is 14.6. The Bertz CT molecular complexity index is 1870. The van der Waals surface area contributed by atoms with Crippen molar-refractivity contribution in [2.45, 2.75) is 32.1 Å². The number of aromatic nitrogens is 7. The van der Waals surface area contributed by atoms with Crippen LogP contribution in [0.25, 0.3) is 56.0 Å². The molecular weight excluding hydrogens is 507 g/mol. The fourth-order valence-electron chi connectivity index (χ4n) is 5.41. The molecule has 0 radical (unpaired) electrons. The zero-order chi connectivity index (χ0) is 27.1. The number of fused-ring (bicyclic) bond motifs is 2. The predicted octanol–water partition coefficient (Wildman–Crippen LogP) is 6.28. The normalized spacial score (nSPS) is 14.1. The van der Waals surface area contributed by atoms with E-state index >= 15 is 0 Å². The van der Waals surface area contributed by atoms with Gasteiger partial charge in [0.05, 0.1) is 34.8 Å². The van der Waals surface area contributed by atoms with E-state index in [1.165, 1.54) is 12.5 Å². The molecule has 1 saturated carbocycles. The summed E-state index contributed by atoms with van der Waals surface area (Å²) >= 11 is 0. The summed E-state index contributed by atoms with van der Waals surface area (Å²) in [5, 5.41) is 11.4. The molecule has 5 aromatic heterocycles. The predicted molar refractivity (Wildman–Crippen MR) is 151 cm³/mol. The molecule has 10 heteroatoms. The number of carbonyl (C=O) groups excluding carboxylic acids is 1. The molecule has 1 aliphatic carbocycles. The van der Waals surface area contributed by atoms with E-state index in [1.807, 2.05) is 12.1 Å². The lowest BCUT2D eigenvalue weighted by molar-refractivity contribution is -0.120. The molecular formula is C30H25FN8O. The van der Waals surface area contributed by atoms with Gasteiger partial charge in [-0.25, -0.2) is 9.37 Å². The van der Waals surface area contributed by atoms with Crippen LogP contribution >= 0.6 is 0 Å². The third-order valence-electron chi connectivity index (χ3n) is 7.48. The summed E-state index contributed by atoms with van der Waals surface area (Å²) in [6.07, 6.45) is 12.0. The number of hydrogen-bond donors (Lipinski definition) is 3. The molecule has 9 nitrogen and oxygen atoms in total. The SMILES string of the molecule is O=C(Nc1cncc(-c2cc3c(-c4nc5c(-c6ccccc6F)nccc5[nH]4)n[nH]c3cn2)c1)C1CCCCC1. The summed E-state index contributed by atoms with van der Waals surface area (Å²) in [6.45, 7) is 0. The number of rotatable bonds is 5. The van der Waals surface area contributed by atoms with Crippen LogP contribution in [0.15, 0.2) is 67.3 Å². The van der Waals surface area contributed by atoms with Gasteiger partial charge < -0.3 is 10.3 Å². The molecule has 0 saturated heterocycles. The highest BCUT2D eigenvalue weighted by Crippen LogP contribution is 2.33. The van der Waals surface area contributed by atoms with Crippen molar-refractivity contribution in [2.24, 2.45) is 5.92 Å². The molecule has 5 heterocycles. The number of nitrogens with one attached hydrogen (secondary N) is 3. The van der Waals surface area contributed by atoms with E-state index in [-0.39, 0.29) is 17.6 Å².